The second-order valence-corrected chi connectivity index (χ2v) is 4.70. The quantitative estimate of drug-likeness (QED) is 0.470. The monoisotopic (exact) mass is 265 g/mol. The highest BCUT2D eigenvalue weighted by molar-refractivity contribution is 7.68. The molecule has 0 unspecified atom stereocenters. The van der Waals surface area contributed by atoms with Gasteiger partial charge in [0.1, 0.15) is 21.9 Å². The van der Waals surface area contributed by atoms with Gasteiger partial charge >= 0.3 is 5.97 Å². The normalized spacial score (nSPS) is 13.9. The average molecular weight is 265 g/mol. The third kappa shape index (κ3) is 2.31. The fraction of sp³-hybridized carbons (Fsp3) is 0.385. The van der Waals surface area contributed by atoms with Crippen LogP contribution < -0.4 is 9.64 Å². The van der Waals surface area contributed by atoms with Gasteiger partial charge in [0.05, 0.1) is 0 Å². The fourth-order valence-electron chi connectivity index (χ4n) is 2.04. The summed E-state index contributed by atoms with van der Waals surface area (Å²) in [4.78, 5) is 13.9. The second-order valence-electron chi connectivity index (χ2n) is 4.04. The molecule has 0 aliphatic carbocycles. The van der Waals surface area contributed by atoms with Gasteiger partial charge in [0.25, 0.3) is 0 Å². The Labute approximate surface area is 110 Å². The van der Waals surface area contributed by atoms with E-state index in [2.05, 4.69) is 18.7 Å². The summed E-state index contributed by atoms with van der Waals surface area (Å²) in [6.45, 7) is 5.96. The average Bonchev–Trinajstić information content (AvgIpc) is 2.39. The topological polar surface area (TPSA) is 46.6 Å². The van der Waals surface area contributed by atoms with Crippen molar-refractivity contribution in [3.05, 3.63) is 23.8 Å². The van der Waals surface area contributed by atoms with Crippen LogP contribution in [0.4, 0.5) is 5.69 Å². The molecule has 18 heavy (non-hydrogen) atoms. The Balaban J connectivity index is 2.37. The van der Waals surface area contributed by atoms with Crippen molar-refractivity contribution in [3.63, 3.8) is 0 Å². The molecule has 0 saturated carbocycles. The highest BCUT2D eigenvalue weighted by Gasteiger charge is 2.24. The van der Waals surface area contributed by atoms with Gasteiger partial charge in [0.2, 0.25) is 0 Å². The summed E-state index contributed by atoms with van der Waals surface area (Å²) >= 11 is 0.219. The summed E-state index contributed by atoms with van der Waals surface area (Å²) in [5.41, 5.74) is 1.92. The van der Waals surface area contributed by atoms with E-state index in [0.29, 0.717) is 12.2 Å². The summed E-state index contributed by atoms with van der Waals surface area (Å²) in [6.07, 6.45) is 0.376. The van der Waals surface area contributed by atoms with E-state index in [1.165, 1.54) is 0 Å². The molecule has 0 spiro atoms. The lowest BCUT2D eigenvalue weighted by Crippen LogP contribution is -2.28. The molecule has 1 aliphatic rings. The summed E-state index contributed by atoms with van der Waals surface area (Å²) in [7, 11) is 0. The zero-order valence-electron chi connectivity index (χ0n) is 10.4. The van der Waals surface area contributed by atoms with Crippen LogP contribution >= 0.6 is 0 Å². The van der Waals surface area contributed by atoms with Crippen LogP contribution in [0.15, 0.2) is 18.2 Å². The van der Waals surface area contributed by atoms with Crippen LogP contribution in [0.2, 0.25) is 0 Å². The first kappa shape index (κ1) is 12.8. The molecule has 96 valence electrons. The van der Waals surface area contributed by atoms with E-state index in [1.54, 1.807) is 0 Å². The molecule has 5 heteroatoms. The van der Waals surface area contributed by atoms with Gasteiger partial charge in [-0.2, -0.15) is 0 Å². The number of fused-ring (bicyclic) bond motifs is 1. The summed E-state index contributed by atoms with van der Waals surface area (Å²) in [6, 6.07) is 5.79. The van der Waals surface area contributed by atoms with Gasteiger partial charge < -0.3 is 9.64 Å². The molecule has 4 nitrogen and oxygen atoms in total. The molecule has 0 radical (unpaired) electrons. The van der Waals surface area contributed by atoms with Crippen molar-refractivity contribution in [2.24, 2.45) is 0 Å². The number of anilines is 1. The van der Waals surface area contributed by atoms with E-state index in [-0.39, 0.29) is 16.1 Å². The SMILES string of the molecule is CCN(CC)c1ccc2c(c1)OC(=O)C(=S=O)C2. The van der Waals surface area contributed by atoms with Gasteiger partial charge in [0.15, 0.2) is 0 Å². The zero-order valence-corrected chi connectivity index (χ0v) is 11.3. The lowest BCUT2D eigenvalue weighted by molar-refractivity contribution is -0.127. The van der Waals surface area contributed by atoms with Crippen LogP contribution in [-0.2, 0) is 22.5 Å². The number of esters is 1. The van der Waals surface area contributed by atoms with E-state index < -0.39 is 5.97 Å². The Morgan fingerprint density at radius 1 is 1.33 bits per heavy atom. The minimum absolute atomic E-state index is 0.219. The third-order valence-corrected chi connectivity index (χ3v) is 3.57. The first-order valence-corrected chi connectivity index (χ1v) is 6.69. The number of carbonyl (C=O) groups is 1. The van der Waals surface area contributed by atoms with Gasteiger partial charge in [-0.25, -0.2) is 9.00 Å². The molecule has 1 heterocycles. The molecule has 0 atom stereocenters. The van der Waals surface area contributed by atoms with Crippen LogP contribution in [0.3, 0.4) is 0 Å². The van der Waals surface area contributed by atoms with Crippen molar-refractivity contribution in [1.29, 1.82) is 0 Å². The molecule has 1 aliphatic heterocycles. The van der Waals surface area contributed by atoms with Crippen LogP contribution in [-0.4, -0.2) is 28.1 Å². The lowest BCUT2D eigenvalue weighted by Gasteiger charge is -2.23. The predicted octanol–water partition coefficient (Wildman–Crippen LogP) is 1.38. The van der Waals surface area contributed by atoms with Gasteiger partial charge in [-0.05, 0) is 19.9 Å². The second kappa shape index (κ2) is 5.35. The van der Waals surface area contributed by atoms with Crippen molar-refractivity contribution in [2.45, 2.75) is 20.3 Å². The highest BCUT2D eigenvalue weighted by atomic mass is 32.1. The van der Waals surface area contributed by atoms with Crippen LogP contribution in [0.5, 0.6) is 5.75 Å². The maximum atomic E-state index is 11.5. The smallest absolute Gasteiger partial charge is 0.353 e. The number of hydrogen-bond acceptors (Lipinski definition) is 4. The Bertz CT molecular complexity index is 531. The highest BCUT2D eigenvalue weighted by Crippen LogP contribution is 2.29. The van der Waals surface area contributed by atoms with Gasteiger partial charge in [-0.15, -0.1) is 0 Å². The van der Waals surface area contributed by atoms with Gasteiger partial charge in [0, 0.05) is 36.8 Å². The molecule has 1 aromatic rings. The van der Waals surface area contributed by atoms with E-state index in [9.17, 15) is 9.00 Å². The Hall–Kier alpha value is -1.62. The van der Waals surface area contributed by atoms with Crippen molar-refractivity contribution in [1.82, 2.24) is 0 Å². The molecular formula is C13H15NO3S. The third-order valence-electron chi connectivity index (χ3n) is 3.06. The molecule has 0 aromatic heterocycles. The number of ether oxygens (including phenoxy) is 1. The Kier molecular flexibility index (Phi) is 3.81. The maximum Gasteiger partial charge on any atom is 0.353 e. The molecule has 0 fully saturated rings. The maximum absolute atomic E-state index is 11.5. The molecule has 2 rings (SSSR count). The van der Waals surface area contributed by atoms with Crippen molar-refractivity contribution < 1.29 is 13.7 Å². The fourth-order valence-corrected chi connectivity index (χ4v) is 2.36. The minimum Gasteiger partial charge on any atom is -0.422 e. The largest absolute Gasteiger partial charge is 0.422 e. The van der Waals surface area contributed by atoms with Crippen molar-refractivity contribution >= 4 is 27.8 Å². The van der Waals surface area contributed by atoms with E-state index in [0.717, 1.165) is 24.3 Å². The number of hydrogen-bond donors (Lipinski definition) is 0. The van der Waals surface area contributed by atoms with E-state index in [4.69, 9.17) is 4.74 Å². The Morgan fingerprint density at radius 3 is 2.67 bits per heavy atom. The van der Waals surface area contributed by atoms with Crippen molar-refractivity contribution in [3.8, 4) is 5.75 Å². The molecule has 1 aromatic carbocycles. The predicted molar refractivity (Wildman–Crippen MR) is 72.5 cm³/mol. The van der Waals surface area contributed by atoms with Crippen LogP contribution in [0.1, 0.15) is 19.4 Å². The lowest BCUT2D eigenvalue weighted by atomic mass is 10.1. The number of benzene rings is 1. The molecule has 0 amide bonds. The summed E-state index contributed by atoms with van der Waals surface area (Å²) in [5.74, 6) is 0.0568. The summed E-state index contributed by atoms with van der Waals surface area (Å²) < 4.78 is 15.9. The molecular weight excluding hydrogens is 250 g/mol. The number of nitrogens with zero attached hydrogens (tertiary/aromatic N) is 1. The molecule has 0 N–H and O–H groups in total. The van der Waals surface area contributed by atoms with Gasteiger partial charge in [-0.3, -0.25) is 0 Å². The first-order chi connectivity index (χ1) is 8.69. The first-order valence-electron chi connectivity index (χ1n) is 5.95. The summed E-state index contributed by atoms with van der Waals surface area (Å²) in [5, 5.41) is 0. The standard InChI is InChI=1S/C13H15NO3S/c1-3-14(4-2)10-6-5-9-7-12(18-16)13(15)17-11(9)8-10/h5-6,8H,3-4,7H2,1-2H3. The van der Waals surface area contributed by atoms with Crippen LogP contribution in [0.25, 0.3) is 0 Å². The zero-order chi connectivity index (χ0) is 13.1. The van der Waals surface area contributed by atoms with Crippen LogP contribution in [0, 0.1) is 0 Å². The molecule has 0 saturated heterocycles. The minimum atomic E-state index is -0.515. The number of rotatable bonds is 3. The van der Waals surface area contributed by atoms with E-state index >= 15 is 0 Å². The van der Waals surface area contributed by atoms with Crippen molar-refractivity contribution in [2.75, 3.05) is 18.0 Å². The number of carbonyl (C=O) groups excluding carboxylic acids is 1. The molecule has 0 bridgehead atoms. The van der Waals surface area contributed by atoms with E-state index in [1.807, 2.05) is 18.2 Å². The van der Waals surface area contributed by atoms with Gasteiger partial charge in [-0.1, -0.05) is 6.07 Å². The Morgan fingerprint density at radius 2 is 2.06 bits per heavy atom.